The zero-order chi connectivity index (χ0) is 15.6. The second-order valence-corrected chi connectivity index (χ2v) is 7.32. The summed E-state index contributed by atoms with van der Waals surface area (Å²) in [6.07, 6.45) is 0. The molecule has 0 saturated carbocycles. The topological polar surface area (TPSA) is 64.5 Å². The maximum atomic E-state index is 10.1. The molecule has 0 atom stereocenters. The van der Waals surface area contributed by atoms with Crippen LogP contribution in [0.5, 0.6) is 11.5 Å². The lowest BCUT2D eigenvalue weighted by Crippen LogP contribution is -2.35. The number of nitrogens with one attached hydrogen (secondary N) is 2. The van der Waals surface area contributed by atoms with Crippen molar-refractivity contribution in [3.63, 3.8) is 0 Å². The van der Waals surface area contributed by atoms with Gasteiger partial charge in [0.25, 0.3) is 0 Å². The second kappa shape index (κ2) is 6.02. The highest BCUT2D eigenvalue weighted by Gasteiger charge is 2.14. The number of aromatic hydroxyl groups is 2. The Kier molecular flexibility index (Phi) is 5.05. The quantitative estimate of drug-likeness (QED) is 0.640. The van der Waals surface area contributed by atoms with E-state index in [-0.39, 0.29) is 22.6 Å². The standard InChI is InChI=1S/C16H28N2O2/c1-15(2,3)17-9-11-7-14(20)12(8-13(11)19)10-18-16(4,5)6/h7-8,17-20H,9-10H2,1-6H3. The molecular weight excluding hydrogens is 252 g/mol. The molecule has 0 unspecified atom stereocenters. The van der Waals surface area contributed by atoms with E-state index >= 15 is 0 Å². The lowest BCUT2D eigenvalue weighted by molar-refractivity contribution is 0.399. The third-order valence-corrected chi connectivity index (χ3v) is 2.90. The minimum absolute atomic E-state index is 0.0332. The zero-order valence-corrected chi connectivity index (χ0v) is 13.5. The highest BCUT2D eigenvalue weighted by molar-refractivity contribution is 5.45. The van der Waals surface area contributed by atoms with Crippen molar-refractivity contribution in [2.45, 2.75) is 65.7 Å². The predicted molar refractivity (Wildman–Crippen MR) is 83.0 cm³/mol. The Morgan fingerprint density at radius 3 is 1.30 bits per heavy atom. The van der Waals surface area contributed by atoms with E-state index in [1.807, 2.05) is 0 Å². The van der Waals surface area contributed by atoms with Gasteiger partial charge in [0.05, 0.1) is 0 Å². The smallest absolute Gasteiger partial charge is 0.120 e. The first kappa shape index (κ1) is 16.8. The summed E-state index contributed by atoms with van der Waals surface area (Å²) < 4.78 is 0. The van der Waals surface area contributed by atoms with Gasteiger partial charge >= 0.3 is 0 Å². The molecule has 1 aromatic carbocycles. The summed E-state index contributed by atoms with van der Waals surface area (Å²) in [5.41, 5.74) is 1.34. The van der Waals surface area contributed by atoms with Crippen LogP contribution in [0.25, 0.3) is 0 Å². The Morgan fingerprint density at radius 2 is 1.05 bits per heavy atom. The van der Waals surface area contributed by atoms with Crippen molar-refractivity contribution in [1.82, 2.24) is 10.6 Å². The summed E-state index contributed by atoms with van der Waals surface area (Å²) in [5.74, 6) is 0.426. The molecule has 114 valence electrons. The third kappa shape index (κ3) is 5.80. The first-order valence-corrected chi connectivity index (χ1v) is 7.02. The maximum Gasteiger partial charge on any atom is 0.120 e. The minimum atomic E-state index is -0.0332. The van der Waals surface area contributed by atoms with Crippen LogP contribution >= 0.6 is 0 Å². The first-order valence-electron chi connectivity index (χ1n) is 7.02. The fraction of sp³-hybridized carbons (Fsp3) is 0.625. The normalized spacial score (nSPS) is 12.7. The van der Waals surface area contributed by atoms with Crippen molar-refractivity contribution in [2.75, 3.05) is 0 Å². The van der Waals surface area contributed by atoms with E-state index in [4.69, 9.17) is 0 Å². The molecule has 4 nitrogen and oxygen atoms in total. The third-order valence-electron chi connectivity index (χ3n) is 2.90. The molecule has 0 bridgehead atoms. The van der Waals surface area contributed by atoms with Crippen molar-refractivity contribution in [3.8, 4) is 11.5 Å². The maximum absolute atomic E-state index is 10.1. The molecule has 20 heavy (non-hydrogen) atoms. The lowest BCUT2D eigenvalue weighted by Gasteiger charge is -2.22. The SMILES string of the molecule is CC(C)(C)NCc1cc(O)c(CNC(C)(C)C)cc1O. The lowest BCUT2D eigenvalue weighted by atomic mass is 10.0. The van der Waals surface area contributed by atoms with Gasteiger partial charge in [-0.1, -0.05) is 0 Å². The van der Waals surface area contributed by atoms with Gasteiger partial charge < -0.3 is 20.8 Å². The highest BCUT2D eigenvalue weighted by Crippen LogP contribution is 2.28. The Morgan fingerprint density at radius 1 is 0.750 bits per heavy atom. The summed E-state index contributed by atoms with van der Waals surface area (Å²) >= 11 is 0. The molecule has 0 amide bonds. The molecular formula is C16H28N2O2. The molecule has 0 aliphatic carbocycles. The van der Waals surface area contributed by atoms with Crippen LogP contribution in [0.2, 0.25) is 0 Å². The van der Waals surface area contributed by atoms with E-state index < -0.39 is 0 Å². The number of phenolic OH excluding ortho intramolecular Hbond substituents is 2. The van der Waals surface area contributed by atoms with E-state index in [0.29, 0.717) is 24.2 Å². The molecule has 0 saturated heterocycles. The van der Waals surface area contributed by atoms with Crippen LogP contribution in [0, 0.1) is 0 Å². The van der Waals surface area contributed by atoms with Gasteiger partial charge in [0, 0.05) is 35.3 Å². The van der Waals surface area contributed by atoms with E-state index in [9.17, 15) is 10.2 Å². The Hall–Kier alpha value is -1.26. The van der Waals surface area contributed by atoms with Gasteiger partial charge in [-0.3, -0.25) is 0 Å². The summed E-state index contributed by atoms with van der Waals surface area (Å²) in [6.45, 7) is 13.4. The van der Waals surface area contributed by atoms with Crippen molar-refractivity contribution >= 4 is 0 Å². The summed E-state index contributed by atoms with van der Waals surface area (Å²) in [5, 5.41) is 26.7. The van der Waals surface area contributed by atoms with Crippen LogP contribution in [0.15, 0.2) is 12.1 Å². The van der Waals surface area contributed by atoms with Crippen LogP contribution in [0.1, 0.15) is 52.7 Å². The van der Waals surface area contributed by atoms with Crippen LogP contribution in [0.3, 0.4) is 0 Å². The van der Waals surface area contributed by atoms with E-state index in [1.165, 1.54) is 0 Å². The fourth-order valence-corrected chi connectivity index (χ4v) is 1.67. The summed E-state index contributed by atoms with van der Waals surface area (Å²) in [4.78, 5) is 0. The van der Waals surface area contributed by atoms with E-state index in [0.717, 1.165) is 0 Å². The Labute approximate surface area is 122 Å². The molecule has 0 heterocycles. The molecule has 0 fully saturated rings. The van der Waals surface area contributed by atoms with Gasteiger partial charge in [-0.2, -0.15) is 0 Å². The van der Waals surface area contributed by atoms with Crippen LogP contribution in [0.4, 0.5) is 0 Å². The van der Waals surface area contributed by atoms with Gasteiger partial charge in [-0.25, -0.2) is 0 Å². The predicted octanol–water partition coefficient (Wildman–Crippen LogP) is 2.87. The first-order chi connectivity index (χ1) is 8.98. The van der Waals surface area contributed by atoms with Gasteiger partial charge in [0.2, 0.25) is 0 Å². The van der Waals surface area contributed by atoms with Crippen LogP contribution in [-0.4, -0.2) is 21.3 Å². The Balaban J connectivity index is 2.81. The molecule has 1 aromatic rings. The number of phenols is 2. The fourth-order valence-electron chi connectivity index (χ4n) is 1.67. The van der Waals surface area contributed by atoms with Crippen molar-refractivity contribution in [2.24, 2.45) is 0 Å². The van der Waals surface area contributed by atoms with Gasteiger partial charge in [-0.05, 0) is 53.7 Å². The van der Waals surface area contributed by atoms with Crippen molar-refractivity contribution < 1.29 is 10.2 Å². The number of rotatable bonds is 4. The largest absolute Gasteiger partial charge is 0.508 e. The monoisotopic (exact) mass is 280 g/mol. The van der Waals surface area contributed by atoms with Crippen LogP contribution < -0.4 is 10.6 Å². The molecule has 4 N–H and O–H groups in total. The second-order valence-electron chi connectivity index (χ2n) is 7.32. The summed E-state index contributed by atoms with van der Waals surface area (Å²) in [6, 6.07) is 3.27. The average Bonchev–Trinajstić information content (AvgIpc) is 2.25. The number of hydrogen-bond acceptors (Lipinski definition) is 4. The van der Waals surface area contributed by atoms with E-state index in [2.05, 4.69) is 52.2 Å². The average molecular weight is 280 g/mol. The van der Waals surface area contributed by atoms with E-state index in [1.54, 1.807) is 12.1 Å². The Bertz CT molecular complexity index is 413. The molecule has 4 heteroatoms. The number of hydrogen-bond donors (Lipinski definition) is 4. The zero-order valence-electron chi connectivity index (χ0n) is 13.5. The van der Waals surface area contributed by atoms with Gasteiger partial charge in [0.1, 0.15) is 11.5 Å². The molecule has 0 aliphatic rings. The molecule has 0 spiro atoms. The molecule has 1 rings (SSSR count). The molecule has 0 aliphatic heterocycles. The van der Waals surface area contributed by atoms with Gasteiger partial charge in [0.15, 0.2) is 0 Å². The van der Waals surface area contributed by atoms with Gasteiger partial charge in [-0.15, -0.1) is 0 Å². The van der Waals surface area contributed by atoms with Crippen LogP contribution in [-0.2, 0) is 13.1 Å². The van der Waals surface area contributed by atoms with Crippen molar-refractivity contribution in [3.05, 3.63) is 23.3 Å². The minimum Gasteiger partial charge on any atom is -0.508 e. The van der Waals surface area contributed by atoms with Crippen molar-refractivity contribution in [1.29, 1.82) is 0 Å². The molecule has 0 radical (unpaired) electrons. The highest BCUT2D eigenvalue weighted by atomic mass is 16.3. The summed E-state index contributed by atoms with van der Waals surface area (Å²) in [7, 11) is 0. The molecule has 0 aromatic heterocycles. The number of benzene rings is 1.